The summed E-state index contributed by atoms with van der Waals surface area (Å²) in [7, 11) is 0.618. The highest BCUT2D eigenvalue weighted by Crippen LogP contribution is 2.28. The molecular weight excluding hydrogens is 410 g/mol. The minimum Gasteiger partial charge on any atom is -0.495 e. The largest absolute Gasteiger partial charge is 0.495 e. The fraction of sp³-hybridized carbons (Fsp3) is 0.300. The molecule has 0 aromatic heterocycles. The van der Waals surface area contributed by atoms with Crippen LogP contribution in [0, 0.1) is 0 Å². The van der Waals surface area contributed by atoms with Gasteiger partial charge in [0, 0.05) is 19.8 Å². The Kier molecular flexibility index (Phi) is 7.79. The van der Waals surface area contributed by atoms with Gasteiger partial charge in [0.2, 0.25) is 15.9 Å². The summed E-state index contributed by atoms with van der Waals surface area (Å²) >= 11 is 0. The van der Waals surface area contributed by atoms with Gasteiger partial charge < -0.3 is 20.1 Å². The third-order valence-electron chi connectivity index (χ3n) is 4.07. The Bertz CT molecular complexity index is 1000. The first-order valence-corrected chi connectivity index (χ1v) is 10.5. The molecule has 0 aliphatic heterocycles. The van der Waals surface area contributed by atoms with E-state index in [2.05, 4.69) is 10.6 Å². The van der Waals surface area contributed by atoms with Crippen molar-refractivity contribution in [3.63, 3.8) is 0 Å². The van der Waals surface area contributed by atoms with E-state index in [0.29, 0.717) is 23.6 Å². The maximum absolute atomic E-state index is 12.3. The van der Waals surface area contributed by atoms with Gasteiger partial charge in [0.05, 0.1) is 36.4 Å². The van der Waals surface area contributed by atoms with Crippen LogP contribution in [0.2, 0.25) is 0 Å². The molecule has 0 aliphatic carbocycles. The standard InChI is InChI=1S/C20H25N3O6S/c1-5-29-20(25)14-6-8-15(9-7-14)21-13-19(24)22-17-12-16(10-11-18(17)28-4)30(26,27)23(2)3/h6-12,21H,5,13H2,1-4H3,(H,22,24). The molecule has 30 heavy (non-hydrogen) atoms. The number of rotatable bonds is 9. The first-order chi connectivity index (χ1) is 14.2. The molecule has 2 rings (SSSR count). The van der Waals surface area contributed by atoms with E-state index in [0.717, 1.165) is 4.31 Å². The Hall–Kier alpha value is -3.11. The van der Waals surface area contributed by atoms with Gasteiger partial charge in [0.15, 0.2) is 0 Å². The lowest BCUT2D eigenvalue weighted by atomic mass is 10.2. The van der Waals surface area contributed by atoms with Gasteiger partial charge in [0.1, 0.15) is 5.75 Å². The molecule has 0 heterocycles. The third-order valence-corrected chi connectivity index (χ3v) is 5.88. The van der Waals surface area contributed by atoms with E-state index in [-0.39, 0.29) is 17.1 Å². The Balaban J connectivity index is 2.06. The fourth-order valence-corrected chi connectivity index (χ4v) is 3.40. The second-order valence-electron chi connectivity index (χ2n) is 6.35. The second-order valence-corrected chi connectivity index (χ2v) is 8.50. The first kappa shape index (κ1) is 23.2. The van der Waals surface area contributed by atoms with Crippen LogP contribution in [0.1, 0.15) is 17.3 Å². The normalized spacial score (nSPS) is 11.1. The van der Waals surface area contributed by atoms with Crippen LogP contribution in [-0.2, 0) is 19.6 Å². The van der Waals surface area contributed by atoms with E-state index in [9.17, 15) is 18.0 Å². The fourth-order valence-electron chi connectivity index (χ4n) is 2.47. The van der Waals surface area contributed by atoms with Crippen LogP contribution in [0.3, 0.4) is 0 Å². The summed E-state index contributed by atoms with van der Waals surface area (Å²) in [4.78, 5) is 24.0. The van der Waals surface area contributed by atoms with Crippen molar-refractivity contribution in [3.8, 4) is 5.75 Å². The van der Waals surface area contributed by atoms with Crippen molar-refractivity contribution in [2.24, 2.45) is 0 Å². The van der Waals surface area contributed by atoms with Crippen molar-refractivity contribution in [2.75, 3.05) is 45.0 Å². The maximum Gasteiger partial charge on any atom is 0.338 e. The predicted molar refractivity (Wildman–Crippen MR) is 113 cm³/mol. The highest BCUT2D eigenvalue weighted by atomic mass is 32.2. The van der Waals surface area contributed by atoms with Crippen LogP contribution in [0.25, 0.3) is 0 Å². The van der Waals surface area contributed by atoms with Gasteiger partial charge in [-0.15, -0.1) is 0 Å². The molecule has 0 spiro atoms. The molecule has 162 valence electrons. The first-order valence-electron chi connectivity index (χ1n) is 9.10. The number of anilines is 2. The van der Waals surface area contributed by atoms with Gasteiger partial charge in [0.25, 0.3) is 0 Å². The molecule has 0 fully saturated rings. The van der Waals surface area contributed by atoms with E-state index < -0.39 is 21.9 Å². The average molecular weight is 436 g/mol. The molecule has 0 saturated heterocycles. The predicted octanol–water partition coefficient (Wildman–Crippen LogP) is 2.17. The Morgan fingerprint density at radius 3 is 2.30 bits per heavy atom. The third kappa shape index (κ3) is 5.71. The van der Waals surface area contributed by atoms with Crippen LogP contribution in [0.15, 0.2) is 47.4 Å². The van der Waals surface area contributed by atoms with Gasteiger partial charge in [-0.05, 0) is 49.4 Å². The zero-order valence-corrected chi connectivity index (χ0v) is 18.1. The maximum atomic E-state index is 12.3. The van der Waals surface area contributed by atoms with Gasteiger partial charge >= 0.3 is 5.97 Å². The number of hydrogen-bond acceptors (Lipinski definition) is 7. The second kappa shape index (κ2) is 10.1. The monoisotopic (exact) mass is 435 g/mol. The highest BCUT2D eigenvalue weighted by molar-refractivity contribution is 7.89. The number of amides is 1. The smallest absolute Gasteiger partial charge is 0.338 e. The van der Waals surface area contributed by atoms with Crippen LogP contribution < -0.4 is 15.4 Å². The number of ether oxygens (including phenoxy) is 2. The van der Waals surface area contributed by atoms with Crippen molar-refractivity contribution in [2.45, 2.75) is 11.8 Å². The Labute approximate surface area is 176 Å². The summed E-state index contributed by atoms with van der Waals surface area (Å²) < 4.78 is 35.9. The SMILES string of the molecule is CCOC(=O)c1ccc(NCC(=O)Nc2cc(S(=O)(=O)N(C)C)ccc2OC)cc1. The molecular formula is C20H25N3O6S. The Morgan fingerprint density at radius 2 is 1.73 bits per heavy atom. The van der Waals surface area contributed by atoms with Crippen LogP contribution in [0.4, 0.5) is 11.4 Å². The van der Waals surface area contributed by atoms with Gasteiger partial charge in [-0.2, -0.15) is 0 Å². The van der Waals surface area contributed by atoms with E-state index in [1.165, 1.54) is 39.4 Å². The lowest BCUT2D eigenvalue weighted by Gasteiger charge is -2.15. The number of benzene rings is 2. The van der Waals surface area contributed by atoms with E-state index in [1.54, 1.807) is 31.2 Å². The molecule has 0 radical (unpaired) electrons. The van der Waals surface area contributed by atoms with Gasteiger partial charge in [-0.1, -0.05) is 0 Å². The van der Waals surface area contributed by atoms with Crippen LogP contribution in [-0.4, -0.2) is 59.0 Å². The molecule has 0 aliphatic rings. The van der Waals surface area contributed by atoms with Crippen molar-refractivity contribution in [1.29, 1.82) is 0 Å². The summed E-state index contributed by atoms with van der Waals surface area (Å²) in [5, 5.41) is 5.58. The summed E-state index contributed by atoms with van der Waals surface area (Å²) in [6, 6.07) is 10.7. The van der Waals surface area contributed by atoms with E-state index >= 15 is 0 Å². The molecule has 2 aromatic rings. The molecule has 2 aromatic carbocycles. The zero-order valence-electron chi connectivity index (χ0n) is 17.3. The molecule has 0 unspecified atom stereocenters. The molecule has 9 nitrogen and oxygen atoms in total. The number of methoxy groups -OCH3 is 1. The quantitative estimate of drug-likeness (QED) is 0.580. The number of sulfonamides is 1. The average Bonchev–Trinajstić information content (AvgIpc) is 2.72. The lowest BCUT2D eigenvalue weighted by molar-refractivity contribution is -0.114. The van der Waals surface area contributed by atoms with Crippen molar-refractivity contribution in [3.05, 3.63) is 48.0 Å². The number of nitrogens with one attached hydrogen (secondary N) is 2. The number of carbonyl (C=O) groups excluding carboxylic acids is 2. The Morgan fingerprint density at radius 1 is 1.07 bits per heavy atom. The minimum atomic E-state index is -3.66. The molecule has 0 saturated carbocycles. The molecule has 10 heteroatoms. The van der Waals surface area contributed by atoms with Crippen molar-refractivity contribution < 1.29 is 27.5 Å². The molecule has 0 atom stereocenters. The summed E-state index contributed by atoms with van der Waals surface area (Å²) in [5.74, 6) is -0.483. The van der Waals surface area contributed by atoms with Crippen molar-refractivity contribution >= 4 is 33.3 Å². The van der Waals surface area contributed by atoms with Gasteiger partial charge in [-0.25, -0.2) is 17.5 Å². The summed E-state index contributed by atoms with van der Waals surface area (Å²) in [6.45, 7) is 1.94. The van der Waals surface area contributed by atoms with Crippen molar-refractivity contribution in [1.82, 2.24) is 4.31 Å². The number of nitrogens with zero attached hydrogens (tertiary/aromatic N) is 1. The number of hydrogen-bond donors (Lipinski definition) is 2. The number of esters is 1. The van der Waals surface area contributed by atoms with Crippen LogP contribution >= 0.6 is 0 Å². The summed E-state index contributed by atoms with van der Waals surface area (Å²) in [5.41, 5.74) is 1.29. The van der Waals surface area contributed by atoms with Crippen LogP contribution in [0.5, 0.6) is 5.75 Å². The molecule has 1 amide bonds. The minimum absolute atomic E-state index is 0.0334. The van der Waals surface area contributed by atoms with E-state index in [1.807, 2.05) is 0 Å². The molecule has 2 N–H and O–H groups in total. The molecule has 0 bridgehead atoms. The highest BCUT2D eigenvalue weighted by Gasteiger charge is 2.19. The van der Waals surface area contributed by atoms with E-state index in [4.69, 9.17) is 9.47 Å². The number of carbonyl (C=O) groups is 2. The summed E-state index contributed by atoms with van der Waals surface area (Å²) in [6.07, 6.45) is 0. The van der Waals surface area contributed by atoms with Gasteiger partial charge in [-0.3, -0.25) is 4.79 Å². The topological polar surface area (TPSA) is 114 Å². The zero-order chi connectivity index (χ0) is 22.3. The lowest BCUT2D eigenvalue weighted by Crippen LogP contribution is -2.24.